The van der Waals surface area contributed by atoms with Gasteiger partial charge in [-0.25, -0.2) is 9.97 Å². The number of carbonyl (C=O) groups excluding carboxylic acids is 1. The maximum atomic E-state index is 11.8. The average molecular weight is 403 g/mol. The van der Waals surface area contributed by atoms with Gasteiger partial charge in [0.1, 0.15) is 0 Å². The summed E-state index contributed by atoms with van der Waals surface area (Å²) >= 11 is 8.04. The van der Waals surface area contributed by atoms with Crippen LogP contribution < -0.4 is 5.32 Å². The van der Waals surface area contributed by atoms with E-state index in [4.69, 9.17) is 0 Å². The summed E-state index contributed by atoms with van der Waals surface area (Å²) in [5.41, 5.74) is 0.737. The van der Waals surface area contributed by atoms with E-state index in [1.807, 2.05) is 18.2 Å². The molecule has 4 nitrogen and oxygen atoms in total. The van der Waals surface area contributed by atoms with Gasteiger partial charge < -0.3 is 5.32 Å². The number of halogens is 2. The standard InChI is InChI=1S/C12H9Br2N3OS/c13-8-4-9(14)6-10(5-8)17-11(18)7-19-12-15-2-1-3-16-12/h1-6H,7H2,(H,17,18). The van der Waals surface area contributed by atoms with Gasteiger partial charge in [0.05, 0.1) is 5.75 Å². The Bertz CT molecular complexity index is 560. The minimum atomic E-state index is -0.0950. The molecule has 1 heterocycles. The Balaban J connectivity index is 1.91. The van der Waals surface area contributed by atoms with Gasteiger partial charge in [0.2, 0.25) is 5.91 Å². The van der Waals surface area contributed by atoms with Crippen LogP contribution in [0.1, 0.15) is 0 Å². The van der Waals surface area contributed by atoms with Gasteiger partial charge in [-0.3, -0.25) is 4.79 Å². The van der Waals surface area contributed by atoms with E-state index in [-0.39, 0.29) is 11.7 Å². The third kappa shape index (κ3) is 4.93. The number of anilines is 1. The first-order valence-corrected chi connectivity index (χ1v) is 7.86. The lowest BCUT2D eigenvalue weighted by atomic mass is 10.3. The molecule has 2 aromatic rings. The van der Waals surface area contributed by atoms with Gasteiger partial charge in [0, 0.05) is 27.0 Å². The molecule has 0 aliphatic carbocycles. The van der Waals surface area contributed by atoms with Crippen molar-refractivity contribution in [1.29, 1.82) is 0 Å². The maximum absolute atomic E-state index is 11.8. The van der Waals surface area contributed by atoms with Crippen molar-refractivity contribution in [3.05, 3.63) is 45.6 Å². The van der Waals surface area contributed by atoms with Crippen LogP contribution in [-0.2, 0) is 4.79 Å². The van der Waals surface area contributed by atoms with Gasteiger partial charge in [-0.2, -0.15) is 0 Å². The normalized spacial score (nSPS) is 10.2. The monoisotopic (exact) mass is 401 g/mol. The highest BCUT2D eigenvalue weighted by atomic mass is 79.9. The molecule has 0 spiro atoms. The highest BCUT2D eigenvalue weighted by molar-refractivity contribution is 9.11. The van der Waals surface area contributed by atoms with Crippen LogP contribution >= 0.6 is 43.6 Å². The Kier molecular flexibility index (Phi) is 5.35. The number of rotatable bonds is 4. The molecule has 0 radical (unpaired) electrons. The Morgan fingerprint density at radius 1 is 1.16 bits per heavy atom. The SMILES string of the molecule is O=C(CSc1ncccn1)Nc1cc(Br)cc(Br)c1. The Labute approximate surface area is 131 Å². The molecule has 0 fully saturated rings. The van der Waals surface area contributed by atoms with E-state index in [0.29, 0.717) is 5.16 Å². The van der Waals surface area contributed by atoms with Crippen LogP contribution in [0.15, 0.2) is 50.8 Å². The Morgan fingerprint density at radius 3 is 2.42 bits per heavy atom. The summed E-state index contributed by atoms with van der Waals surface area (Å²) < 4.78 is 1.80. The second-order valence-corrected chi connectivity index (χ2v) is 6.30. The zero-order valence-corrected chi connectivity index (χ0v) is 13.6. The fraction of sp³-hybridized carbons (Fsp3) is 0.0833. The molecule has 0 aliphatic rings. The first-order chi connectivity index (χ1) is 9.13. The fourth-order valence-corrected chi connectivity index (χ4v) is 3.21. The van der Waals surface area contributed by atoms with Crippen LogP contribution in [0.5, 0.6) is 0 Å². The van der Waals surface area contributed by atoms with Crippen LogP contribution in [0.4, 0.5) is 5.69 Å². The Morgan fingerprint density at radius 2 is 1.79 bits per heavy atom. The van der Waals surface area contributed by atoms with Crippen molar-refractivity contribution in [3.63, 3.8) is 0 Å². The number of benzene rings is 1. The van der Waals surface area contributed by atoms with E-state index in [9.17, 15) is 4.79 Å². The minimum absolute atomic E-state index is 0.0950. The highest BCUT2D eigenvalue weighted by Crippen LogP contribution is 2.23. The zero-order chi connectivity index (χ0) is 13.7. The number of hydrogen-bond acceptors (Lipinski definition) is 4. The van der Waals surface area contributed by atoms with Crippen molar-refractivity contribution in [1.82, 2.24) is 9.97 Å². The number of hydrogen-bond donors (Lipinski definition) is 1. The molecule has 0 saturated carbocycles. The predicted octanol–water partition coefficient (Wildman–Crippen LogP) is 3.73. The fourth-order valence-electron chi connectivity index (χ4n) is 1.31. The van der Waals surface area contributed by atoms with Gasteiger partial charge >= 0.3 is 0 Å². The lowest BCUT2D eigenvalue weighted by Crippen LogP contribution is -2.14. The molecule has 1 N–H and O–H groups in total. The lowest BCUT2D eigenvalue weighted by molar-refractivity contribution is -0.113. The molecule has 98 valence electrons. The van der Waals surface area contributed by atoms with E-state index in [1.54, 1.807) is 18.5 Å². The van der Waals surface area contributed by atoms with E-state index in [0.717, 1.165) is 14.6 Å². The maximum Gasteiger partial charge on any atom is 0.234 e. The smallest absolute Gasteiger partial charge is 0.234 e. The van der Waals surface area contributed by atoms with Crippen molar-refractivity contribution in [2.75, 3.05) is 11.1 Å². The predicted molar refractivity (Wildman–Crippen MR) is 83.2 cm³/mol. The van der Waals surface area contributed by atoms with E-state index in [2.05, 4.69) is 47.1 Å². The van der Waals surface area contributed by atoms with Gasteiger partial charge in [-0.15, -0.1) is 0 Å². The third-order valence-electron chi connectivity index (χ3n) is 2.02. The third-order valence-corrected chi connectivity index (χ3v) is 3.81. The van der Waals surface area contributed by atoms with E-state index in [1.165, 1.54) is 11.8 Å². The van der Waals surface area contributed by atoms with Crippen molar-refractivity contribution >= 4 is 55.2 Å². The van der Waals surface area contributed by atoms with Crippen molar-refractivity contribution in [2.24, 2.45) is 0 Å². The molecule has 0 atom stereocenters. The number of carbonyl (C=O) groups is 1. The quantitative estimate of drug-likeness (QED) is 0.625. The molecule has 0 saturated heterocycles. The molecule has 0 bridgehead atoms. The van der Waals surface area contributed by atoms with Crippen molar-refractivity contribution < 1.29 is 4.79 Å². The van der Waals surface area contributed by atoms with Gasteiger partial charge in [0.25, 0.3) is 0 Å². The van der Waals surface area contributed by atoms with E-state index < -0.39 is 0 Å². The van der Waals surface area contributed by atoms with Crippen LogP contribution in [-0.4, -0.2) is 21.6 Å². The second kappa shape index (κ2) is 7.02. The van der Waals surface area contributed by atoms with Gasteiger partial charge in [-0.1, -0.05) is 43.6 Å². The summed E-state index contributed by atoms with van der Waals surface area (Å²) in [6.45, 7) is 0. The van der Waals surface area contributed by atoms with Crippen LogP contribution in [0.25, 0.3) is 0 Å². The molecule has 1 aromatic carbocycles. The molecule has 7 heteroatoms. The summed E-state index contributed by atoms with van der Waals surface area (Å²) in [6.07, 6.45) is 3.30. The first-order valence-electron chi connectivity index (χ1n) is 5.29. The van der Waals surface area contributed by atoms with Gasteiger partial charge in [-0.05, 0) is 24.3 Å². The van der Waals surface area contributed by atoms with E-state index >= 15 is 0 Å². The molecule has 0 unspecified atom stereocenters. The number of thioether (sulfide) groups is 1. The lowest BCUT2D eigenvalue weighted by Gasteiger charge is -2.06. The molecule has 0 aliphatic heterocycles. The molecule has 1 amide bonds. The highest BCUT2D eigenvalue weighted by Gasteiger charge is 2.06. The zero-order valence-electron chi connectivity index (χ0n) is 9.64. The summed E-state index contributed by atoms with van der Waals surface area (Å²) in [5.74, 6) is 0.177. The average Bonchev–Trinajstić information content (AvgIpc) is 2.36. The van der Waals surface area contributed by atoms with Crippen LogP contribution in [0.3, 0.4) is 0 Å². The number of nitrogens with zero attached hydrogens (tertiary/aromatic N) is 2. The van der Waals surface area contributed by atoms with Crippen LogP contribution in [0.2, 0.25) is 0 Å². The molecule has 1 aromatic heterocycles. The molecule has 2 rings (SSSR count). The first kappa shape index (κ1) is 14.5. The molecular weight excluding hydrogens is 394 g/mol. The molecular formula is C12H9Br2N3OS. The number of nitrogens with one attached hydrogen (secondary N) is 1. The topological polar surface area (TPSA) is 54.9 Å². The molecule has 19 heavy (non-hydrogen) atoms. The summed E-state index contributed by atoms with van der Waals surface area (Å²) in [5, 5.41) is 3.41. The summed E-state index contributed by atoms with van der Waals surface area (Å²) in [4.78, 5) is 19.9. The minimum Gasteiger partial charge on any atom is -0.325 e. The summed E-state index contributed by atoms with van der Waals surface area (Å²) in [7, 11) is 0. The van der Waals surface area contributed by atoms with Crippen molar-refractivity contribution in [3.8, 4) is 0 Å². The second-order valence-electron chi connectivity index (χ2n) is 3.53. The summed E-state index contributed by atoms with van der Waals surface area (Å²) in [6, 6.07) is 7.32. The largest absolute Gasteiger partial charge is 0.325 e. The van der Waals surface area contributed by atoms with Crippen LogP contribution in [0, 0.1) is 0 Å². The number of amides is 1. The van der Waals surface area contributed by atoms with Gasteiger partial charge in [0.15, 0.2) is 5.16 Å². The Hall–Kier alpha value is -0.920. The number of aromatic nitrogens is 2. The van der Waals surface area contributed by atoms with Crippen molar-refractivity contribution in [2.45, 2.75) is 5.16 Å².